The van der Waals surface area contributed by atoms with Gasteiger partial charge in [-0.3, -0.25) is 19.5 Å². The number of carbonyl (C=O) groups is 2. The zero-order valence-corrected chi connectivity index (χ0v) is 18.0. The monoisotopic (exact) mass is 435 g/mol. The van der Waals surface area contributed by atoms with Crippen molar-refractivity contribution in [2.75, 3.05) is 36.9 Å². The first-order valence-corrected chi connectivity index (χ1v) is 11.0. The highest BCUT2D eigenvalue weighted by molar-refractivity contribution is 6.04. The van der Waals surface area contributed by atoms with Gasteiger partial charge in [-0.05, 0) is 41.3 Å². The molecule has 166 valence electrons. The van der Waals surface area contributed by atoms with E-state index < -0.39 is 12.2 Å². The molecule has 2 aromatic rings. The summed E-state index contributed by atoms with van der Waals surface area (Å²) in [5.74, 6) is -0.303. The molecule has 0 bridgehead atoms. The van der Waals surface area contributed by atoms with Crippen molar-refractivity contribution in [1.82, 2.24) is 15.2 Å². The van der Waals surface area contributed by atoms with E-state index in [1.54, 1.807) is 19.3 Å². The number of rotatable bonds is 4. The summed E-state index contributed by atoms with van der Waals surface area (Å²) in [6.45, 7) is 2.77. The van der Waals surface area contributed by atoms with E-state index in [-0.39, 0.29) is 24.8 Å². The molecule has 8 heteroatoms. The zero-order valence-electron chi connectivity index (χ0n) is 18.0. The molecular weight excluding hydrogens is 409 g/mol. The summed E-state index contributed by atoms with van der Waals surface area (Å²) >= 11 is 0. The highest BCUT2D eigenvalue weighted by Crippen LogP contribution is 2.38. The number of pyridine rings is 1. The fraction of sp³-hybridized carbons (Fsp3) is 0.375. The minimum Gasteiger partial charge on any atom is -0.355 e. The maximum absolute atomic E-state index is 13.9. The van der Waals surface area contributed by atoms with Gasteiger partial charge in [-0.15, -0.1) is 0 Å². The Labute approximate surface area is 186 Å². The van der Waals surface area contributed by atoms with Crippen molar-refractivity contribution in [2.24, 2.45) is 0 Å². The normalized spacial score (nSPS) is 22.6. The second-order valence-corrected chi connectivity index (χ2v) is 8.57. The highest BCUT2D eigenvalue weighted by atomic mass is 19.1. The van der Waals surface area contributed by atoms with E-state index in [2.05, 4.69) is 32.7 Å². The third-order valence-corrected chi connectivity index (χ3v) is 6.47. The Bertz CT molecular complexity index is 1080. The van der Waals surface area contributed by atoms with Crippen molar-refractivity contribution < 1.29 is 14.0 Å². The van der Waals surface area contributed by atoms with Crippen LogP contribution < -0.4 is 15.5 Å². The second-order valence-electron chi connectivity index (χ2n) is 8.57. The number of nitrogens with one attached hydrogen (secondary N) is 2. The summed E-state index contributed by atoms with van der Waals surface area (Å²) in [5, 5.41) is 5.54. The third-order valence-electron chi connectivity index (χ3n) is 6.47. The van der Waals surface area contributed by atoms with Gasteiger partial charge in [-0.1, -0.05) is 18.2 Å². The standard InChI is InChI=1S/C24H26FN5O2/c1-26-23(31)19-4-3-17(12-27-19)16-6-8-29(9-7-16)13-15-2-5-21-20(10-15)28-24(32)22-11-18(25)14-30(21)22/h2-6,10,12,18,22H,7-9,11,13-14H2,1H3,(H,26,31)(H,28,32)/t18-,22-/m0/s1. The molecule has 0 unspecified atom stereocenters. The number of benzene rings is 1. The molecule has 0 spiro atoms. The molecule has 7 nitrogen and oxygen atoms in total. The van der Waals surface area contributed by atoms with Crippen LogP contribution in [0.15, 0.2) is 42.6 Å². The number of carbonyl (C=O) groups excluding carboxylic acids is 2. The second kappa shape index (κ2) is 8.35. The summed E-state index contributed by atoms with van der Waals surface area (Å²) in [5.41, 5.74) is 5.49. The molecule has 0 saturated carbocycles. The number of halogens is 1. The van der Waals surface area contributed by atoms with E-state index in [1.807, 2.05) is 23.1 Å². The summed E-state index contributed by atoms with van der Waals surface area (Å²) < 4.78 is 13.9. The van der Waals surface area contributed by atoms with Crippen LogP contribution in [0.5, 0.6) is 0 Å². The van der Waals surface area contributed by atoms with Crippen LogP contribution in [0.3, 0.4) is 0 Å². The van der Waals surface area contributed by atoms with E-state index >= 15 is 0 Å². The minimum atomic E-state index is -0.957. The molecule has 1 aromatic carbocycles. The summed E-state index contributed by atoms with van der Waals surface area (Å²) in [4.78, 5) is 32.5. The van der Waals surface area contributed by atoms with Crippen LogP contribution in [0.4, 0.5) is 15.8 Å². The molecule has 3 aliphatic heterocycles. The van der Waals surface area contributed by atoms with Crippen LogP contribution in [0.1, 0.15) is 34.5 Å². The molecule has 2 N–H and O–H groups in total. The molecule has 2 atom stereocenters. The molecule has 1 saturated heterocycles. The van der Waals surface area contributed by atoms with Gasteiger partial charge in [0.2, 0.25) is 5.91 Å². The number of hydrogen-bond acceptors (Lipinski definition) is 5. The molecular formula is C24H26FN5O2. The van der Waals surface area contributed by atoms with Crippen LogP contribution in [0.25, 0.3) is 5.57 Å². The van der Waals surface area contributed by atoms with Gasteiger partial charge in [-0.2, -0.15) is 0 Å². The van der Waals surface area contributed by atoms with Crippen molar-refractivity contribution in [1.29, 1.82) is 0 Å². The molecule has 0 radical (unpaired) electrons. The molecule has 32 heavy (non-hydrogen) atoms. The van der Waals surface area contributed by atoms with E-state index in [1.165, 1.54) is 5.57 Å². The number of aromatic nitrogens is 1. The zero-order chi connectivity index (χ0) is 22.2. The third kappa shape index (κ3) is 3.86. The Kier molecular flexibility index (Phi) is 5.38. The van der Waals surface area contributed by atoms with Crippen LogP contribution in [0.2, 0.25) is 0 Å². The first-order valence-electron chi connectivity index (χ1n) is 11.0. The van der Waals surface area contributed by atoms with E-state index in [0.29, 0.717) is 5.69 Å². The van der Waals surface area contributed by atoms with Crippen LogP contribution in [-0.2, 0) is 11.3 Å². The SMILES string of the molecule is CNC(=O)c1ccc(C2=CCN(Cc3ccc4c(c3)NC(=O)[C@@H]3C[C@H](F)CN43)CC2)cn1. The highest BCUT2D eigenvalue weighted by Gasteiger charge is 2.41. The molecule has 1 aromatic heterocycles. The van der Waals surface area contributed by atoms with Crippen LogP contribution >= 0.6 is 0 Å². The minimum absolute atomic E-state index is 0.114. The Morgan fingerprint density at radius 3 is 2.91 bits per heavy atom. The number of nitrogens with zero attached hydrogens (tertiary/aromatic N) is 3. The van der Waals surface area contributed by atoms with Gasteiger partial charge in [0.05, 0.1) is 17.9 Å². The maximum Gasteiger partial charge on any atom is 0.269 e. The van der Waals surface area contributed by atoms with Gasteiger partial charge in [-0.25, -0.2) is 4.39 Å². The summed E-state index contributed by atoms with van der Waals surface area (Å²) in [6, 6.07) is 9.38. The first kappa shape index (κ1) is 20.6. The van der Waals surface area contributed by atoms with Crippen molar-refractivity contribution in [3.63, 3.8) is 0 Å². The topological polar surface area (TPSA) is 77.6 Å². The smallest absolute Gasteiger partial charge is 0.269 e. The fourth-order valence-corrected chi connectivity index (χ4v) is 4.77. The van der Waals surface area contributed by atoms with Crippen molar-refractivity contribution in [3.05, 3.63) is 59.4 Å². The van der Waals surface area contributed by atoms with Crippen LogP contribution in [0, 0.1) is 0 Å². The van der Waals surface area contributed by atoms with Gasteiger partial charge >= 0.3 is 0 Å². The maximum atomic E-state index is 13.9. The lowest BCUT2D eigenvalue weighted by Crippen LogP contribution is -2.44. The lowest BCUT2D eigenvalue weighted by Gasteiger charge is -2.33. The predicted molar refractivity (Wildman–Crippen MR) is 121 cm³/mol. The van der Waals surface area contributed by atoms with Gasteiger partial charge < -0.3 is 15.5 Å². The lowest BCUT2D eigenvalue weighted by atomic mass is 10.00. The fourth-order valence-electron chi connectivity index (χ4n) is 4.77. The Morgan fingerprint density at radius 2 is 2.19 bits per heavy atom. The Morgan fingerprint density at radius 1 is 1.31 bits per heavy atom. The molecule has 2 amide bonds. The molecule has 5 rings (SSSR count). The number of fused-ring (bicyclic) bond motifs is 3. The van der Waals surface area contributed by atoms with Crippen molar-refractivity contribution >= 4 is 28.8 Å². The van der Waals surface area contributed by atoms with E-state index in [4.69, 9.17) is 0 Å². The average molecular weight is 436 g/mol. The molecule has 4 heterocycles. The number of anilines is 2. The average Bonchev–Trinajstić information content (AvgIpc) is 3.21. The summed E-state index contributed by atoms with van der Waals surface area (Å²) in [6.07, 6.45) is 4.17. The van der Waals surface area contributed by atoms with Crippen LogP contribution in [-0.4, -0.2) is 60.6 Å². The van der Waals surface area contributed by atoms with Crippen molar-refractivity contribution in [2.45, 2.75) is 31.6 Å². The molecule has 3 aliphatic rings. The van der Waals surface area contributed by atoms with Gasteiger partial charge in [0.1, 0.15) is 17.9 Å². The largest absolute Gasteiger partial charge is 0.355 e. The Balaban J connectivity index is 1.25. The van der Waals surface area contributed by atoms with Gasteiger partial charge in [0.15, 0.2) is 0 Å². The molecule has 1 fully saturated rings. The van der Waals surface area contributed by atoms with Crippen molar-refractivity contribution in [3.8, 4) is 0 Å². The number of alkyl halides is 1. The van der Waals surface area contributed by atoms with E-state index in [9.17, 15) is 14.0 Å². The lowest BCUT2D eigenvalue weighted by molar-refractivity contribution is -0.117. The van der Waals surface area contributed by atoms with Gasteiger partial charge in [0.25, 0.3) is 5.91 Å². The molecule has 0 aliphatic carbocycles. The first-order chi connectivity index (χ1) is 15.5. The predicted octanol–water partition coefficient (Wildman–Crippen LogP) is 2.60. The number of hydrogen-bond donors (Lipinski definition) is 2. The summed E-state index contributed by atoms with van der Waals surface area (Å²) in [7, 11) is 1.59. The number of amides is 2. The van der Waals surface area contributed by atoms with Gasteiger partial charge in [0, 0.05) is 39.3 Å². The quantitative estimate of drug-likeness (QED) is 0.772. The Hall–Kier alpha value is -3.26. The van der Waals surface area contributed by atoms with E-state index in [0.717, 1.165) is 48.6 Å².